The van der Waals surface area contributed by atoms with Crippen LogP contribution < -0.4 is 4.90 Å². The highest BCUT2D eigenvalue weighted by Gasteiger charge is 2.19. The Morgan fingerprint density at radius 3 is 1.71 bits per heavy atom. The maximum Gasteiger partial charge on any atom is 0.181 e. The van der Waals surface area contributed by atoms with Crippen molar-refractivity contribution in [3.63, 3.8) is 0 Å². The molecule has 0 unspecified atom stereocenters. The number of furan rings is 3. The monoisotopic (exact) mass is 541 g/mol. The van der Waals surface area contributed by atoms with Crippen LogP contribution in [-0.4, -0.2) is 0 Å². The lowest BCUT2D eigenvalue weighted by molar-refractivity contribution is 0.653. The van der Waals surface area contributed by atoms with Crippen LogP contribution in [0.3, 0.4) is 0 Å². The predicted molar refractivity (Wildman–Crippen MR) is 171 cm³/mol. The smallest absolute Gasteiger partial charge is 0.181 e. The Morgan fingerprint density at radius 2 is 0.905 bits per heavy atom. The van der Waals surface area contributed by atoms with E-state index in [1.807, 2.05) is 42.5 Å². The molecule has 0 aliphatic rings. The van der Waals surface area contributed by atoms with Crippen LogP contribution in [0.4, 0.5) is 17.1 Å². The van der Waals surface area contributed by atoms with Gasteiger partial charge in [-0.15, -0.1) is 0 Å². The first-order valence-electron chi connectivity index (χ1n) is 14.0. The van der Waals surface area contributed by atoms with Gasteiger partial charge in [0.25, 0.3) is 0 Å². The summed E-state index contributed by atoms with van der Waals surface area (Å²) in [4.78, 5) is 2.25. The molecule has 0 saturated heterocycles. The highest BCUT2D eigenvalue weighted by molar-refractivity contribution is 6.13. The molecule has 0 N–H and O–H groups in total. The van der Waals surface area contributed by atoms with Crippen molar-refractivity contribution in [1.29, 1.82) is 0 Å². The zero-order valence-corrected chi connectivity index (χ0v) is 22.5. The third-order valence-electron chi connectivity index (χ3n) is 8.08. The van der Waals surface area contributed by atoms with E-state index >= 15 is 0 Å². The first-order chi connectivity index (χ1) is 20.8. The Morgan fingerprint density at radius 1 is 0.333 bits per heavy atom. The fourth-order valence-corrected chi connectivity index (χ4v) is 6.07. The van der Waals surface area contributed by atoms with E-state index in [1.165, 1.54) is 0 Å². The van der Waals surface area contributed by atoms with Crippen LogP contribution in [0.15, 0.2) is 153 Å². The van der Waals surface area contributed by atoms with Gasteiger partial charge in [0.1, 0.15) is 22.3 Å². The summed E-state index contributed by atoms with van der Waals surface area (Å²) < 4.78 is 18.6. The van der Waals surface area contributed by atoms with Gasteiger partial charge in [-0.3, -0.25) is 0 Å². The third kappa shape index (κ3) is 3.49. The van der Waals surface area contributed by atoms with Crippen LogP contribution in [0.1, 0.15) is 0 Å². The summed E-state index contributed by atoms with van der Waals surface area (Å²) in [6.45, 7) is 0. The summed E-state index contributed by atoms with van der Waals surface area (Å²) in [5.41, 5.74) is 10.4. The molecule has 198 valence electrons. The fraction of sp³-hybridized carbons (Fsp3) is 0. The molecule has 0 amide bonds. The van der Waals surface area contributed by atoms with Gasteiger partial charge in [-0.05, 0) is 77.9 Å². The van der Waals surface area contributed by atoms with E-state index in [9.17, 15) is 0 Å². The van der Waals surface area contributed by atoms with Crippen LogP contribution in [0.25, 0.3) is 66.2 Å². The summed E-state index contributed by atoms with van der Waals surface area (Å²) in [6, 6.07) is 48.0. The lowest BCUT2D eigenvalue weighted by atomic mass is 10.0. The second kappa shape index (κ2) is 8.88. The molecular formula is C38H23NO3. The quantitative estimate of drug-likeness (QED) is 0.222. The Labute approximate surface area is 240 Å². The summed E-state index contributed by atoms with van der Waals surface area (Å²) in [5, 5.41) is 4.22. The number of benzene rings is 6. The van der Waals surface area contributed by atoms with Crippen LogP contribution >= 0.6 is 0 Å². The second-order valence-electron chi connectivity index (χ2n) is 10.6. The number of hydrogen-bond acceptors (Lipinski definition) is 4. The molecular weight excluding hydrogens is 518 g/mol. The van der Waals surface area contributed by atoms with E-state index in [2.05, 4.69) is 102 Å². The molecule has 0 fully saturated rings. The van der Waals surface area contributed by atoms with Gasteiger partial charge in [0.05, 0.1) is 10.8 Å². The first kappa shape index (κ1) is 23.0. The SMILES string of the molecule is c1ccc(N(c2ccc(-c3ccc4oc5ccccc5c4c3)cc2)c2ccc3c(c2)oc2c4ccccc4oc32)cc1. The summed E-state index contributed by atoms with van der Waals surface area (Å²) >= 11 is 0. The standard InChI is InChI=1S/C38H23NO3/c1-2-8-26(9-3-1)39(28-19-20-31-36(23-28)42-37-30-11-5-7-13-34(30)41-38(31)37)27-17-14-24(15-18-27)25-16-21-35-32(22-25)29-10-4-6-12-33(29)40-35/h1-23H. The fourth-order valence-electron chi connectivity index (χ4n) is 6.07. The van der Waals surface area contributed by atoms with Crippen molar-refractivity contribution in [3.8, 4) is 11.1 Å². The maximum absolute atomic E-state index is 6.38. The largest absolute Gasteiger partial charge is 0.456 e. The van der Waals surface area contributed by atoms with Gasteiger partial charge in [0, 0.05) is 33.9 Å². The summed E-state index contributed by atoms with van der Waals surface area (Å²) in [6.07, 6.45) is 0. The van der Waals surface area contributed by atoms with E-state index < -0.39 is 0 Å². The molecule has 0 saturated carbocycles. The predicted octanol–water partition coefficient (Wildman–Crippen LogP) is 11.4. The Balaban J connectivity index is 1.14. The Hall–Kier alpha value is -5.74. The van der Waals surface area contributed by atoms with E-state index in [0.717, 1.165) is 83.2 Å². The average Bonchev–Trinajstić information content (AvgIpc) is 3.71. The Bertz CT molecular complexity index is 2410. The molecule has 0 aliphatic carbocycles. The van der Waals surface area contributed by atoms with Crippen molar-refractivity contribution in [1.82, 2.24) is 0 Å². The van der Waals surface area contributed by atoms with Crippen LogP contribution in [0.5, 0.6) is 0 Å². The molecule has 0 atom stereocenters. The minimum Gasteiger partial charge on any atom is -0.456 e. The molecule has 0 spiro atoms. The van der Waals surface area contributed by atoms with Gasteiger partial charge in [-0.1, -0.05) is 66.7 Å². The normalized spacial score (nSPS) is 11.8. The van der Waals surface area contributed by atoms with Crippen LogP contribution in [-0.2, 0) is 0 Å². The number of hydrogen-bond donors (Lipinski definition) is 0. The maximum atomic E-state index is 6.38. The molecule has 9 rings (SSSR count). The number of para-hydroxylation sites is 3. The molecule has 0 radical (unpaired) electrons. The van der Waals surface area contributed by atoms with Crippen molar-refractivity contribution in [2.75, 3.05) is 4.90 Å². The first-order valence-corrected chi connectivity index (χ1v) is 14.0. The molecule has 4 heteroatoms. The van der Waals surface area contributed by atoms with Gasteiger partial charge in [-0.25, -0.2) is 0 Å². The van der Waals surface area contributed by atoms with Crippen molar-refractivity contribution in [2.24, 2.45) is 0 Å². The summed E-state index contributed by atoms with van der Waals surface area (Å²) in [7, 11) is 0. The van der Waals surface area contributed by atoms with Crippen molar-refractivity contribution >= 4 is 72.1 Å². The minimum absolute atomic E-state index is 0.788. The third-order valence-corrected chi connectivity index (χ3v) is 8.08. The second-order valence-corrected chi connectivity index (χ2v) is 10.6. The minimum atomic E-state index is 0.788. The number of anilines is 3. The van der Waals surface area contributed by atoms with E-state index in [-0.39, 0.29) is 0 Å². The zero-order chi connectivity index (χ0) is 27.6. The molecule has 4 nitrogen and oxygen atoms in total. The topological polar surface area (TPSA) is 42.7 Å². The lowest BCUT2D eigenvalue weighted by Crippen LogP contribution is -2.09. The highest BCUT2D eigenvalue weighted by atomic mass is 16.4. The summed E-state index contributed by atoms with van der Waals surface area (Å²) in [5.74, 6) is 0. The molecule has 6 aromatic carbocycles. The van der Waals surface area contributed by atoms with Gasteiger partial charge in [0.2, 0.25) is 0 Å². The molecule has 3 aromatic heterocycles. The highest BCUT2D eigenvalue weighted by Crippen LogP contribution is 2.41. The molecule has 3 heterocycles. The van der Waals surface area contributed by atoms with Crippen LogP contribution in [0.2, 0.25) is 0 Å². The van der Waals surface area contributed by atoms with E-state index in [0.29, 0.717) is 0 Å². The van der Waals surface area contributed by atoms with Gasteiger partial charge < -0.3 is 18.2 Å². The molecule has 0 aliphatic heterocycles. The molecule has 42 heavy (non-hydrogen) atoms. The van der Waals surface area contributed by atoms with Crippen molar-refractivity contribution in [2.45, 2.75) is 0 Å². The lowest BCUT2D eigenvalue weighted by Gasteiger charge is -2.25. The number of rotatable bonds is 4. The van der Waals surface area contributed by atoms with Gasteiger partial charge in [0.15, 0.2) is 11.2 Å². The van der Waals surface area contributed by atoms with Crippen molar-refractivity contribution in [3.05, 3.63) is 140 Å². The molecule has 9 aromatic rings. The Kier molecular flexibility index (Phi) is 4.87. The molecule has 0 bridgehead atoms. The van der Waals surface area contributed by atoms with Crippen molar-refractivity contribution < 1.29 is 13.3 Å². The van der Waals surface area contributed by atoms with Gasteiger partial charge in [-0.2, -0.15) is 0 Å². The average molecular weight is 542 g/mol. The van der Waals surface area contributed by atoms with E-state index in [4.69, 9.17) is 13.3 Å². The van der Waals surface area contributed by atoms with E-state index in [1.54, 1.807) is 0 Å². The number of fused-ring (bicyclic) bond motifs is 8. The van der Waals surface area contributed by atoms with Gasteiger partial charge >= 0.3 is 0 Å². The van der Waals surface area contributed by atoms with Crippen LogP contribution in [0, 0.1) is 0 Å². The zero-order valence-electron chi connectivity index (χ0n) is 22.5. The number of nitrogens with zero attached hydrogens (tertiary/aromatic N) is 1.